The van der Waals surface area contributed by atoms with Gasteiger partial charge in [0.15, 0.2) is 11.0 Å². The average Bonchev–Trinajstić information content (AvgIpc) is 2.61. The Morgan fingerprint density at radius 3 is 2.65 bits per heavy atom. The van der Waals surface area contributed by atoms with E-state index in [4.69, 9.17) is 11.6 Å². The Balaban J connectivity index is 1.53. The van der Waals surface area contributed by atoms with Gasteiger partial charge in [-0.3, -0.25) is 4.98 Å². The third-order valence-corrected chi connectivity index (χ3v) is 4.54. The molecule has 2 aromatic heterocycles. The second-order valence-electron chi connectivity index (χ2n) is 5.65. The molecule has 0 spiro atoms. The Labute approximate surface area is 141 Å². The number of nitrogens with zero attached hydrogens (tertiary/aromatic N) is 4. The molecule has 7 heteroatoms. The average molecular weight is 333 g/mol. The van der Waals surface area contributed by atoms with Crippen molar-refractivity contribution in [1.82, 2.24) is 15.0 Å². The number of rotatable bonds is 5. The molecule has 1 fully saturated rings. The zero-order valence-corrected chi connectivity index (χ0v) is 13.9. The maximum Gasteiger partial charge on any atom is 0.157 e. The Hall–Kier alpha value is -2.08. The lowest BCUT2D eigenvalue weighted by Gasteiger charge is -2.33. The van der Waals surface area contributed by atoms with E-state index in [2.05, 4.69) is 42.6 Å². The van der Waals surface area contributed by atoms with Crippen molar-refractivity contribution in [3.8, 4) is 0 Å². The number of piperidine rings is 1. The maximum absolute atomic E-state index is 6.07. The van der Waals surface area contributed by atoms with Gasteiger partial charge in [0.05, 0.1) is 0 Å². The predicted molar refractivity (Wildman–Crippen MR) is 94.3 cm³/mol. The van der Waals surface area contributed by atoms with Crippen LogP contribution in [-0.2, 0) is 0 Å². The summed E-state index contributed by atoms with van der Waals surface area (Å²) in [5, 5.41) is 6.89. The minimum Gasteiger partial charge on any atom is -0.383 e. The van der Waals surface area contributed by atoms with E-state index in [-0.39, 0.29) is 0 Å². The van der Waals surface area contributed by atoms with E-state index in [1.165, 1.54) is 12.0 Å². The van der Waals surface area contributed by atoms with Crippen molar-refractivity contribution >= 4 is 28.8 Å². The molecule has 0 bridgehead atoms. The number of nitrogens with one attached hydrogen (secondary N) is 2. The van der Waals surface area contributed by atoms with Crippen LogP contribution in [0.15, 0.2) is 30.9 Å². The van der Waals surface area contributed by atoms with Crippen molar-refractivity contribution < 1.29 is 0 Å². The SMILES string of the molecule is CNc1c(Cl)ncnc1NCC1CCN(c2ccncc2)CC1. The zero-order chi connectivity index (χ0) is 16.1. The van der Waals surface area contributed by atoms with Crippen LogP contribution < -0.4 is 15.5 Å². The van der Waals surface area contributed by atoms with E-state index in [0.29, 0.717) is 11.1 Å². The minimum atomic E-state index is 0.442. The molecule has 23 heavy (non-hydrogen) atoms. The van der Waals surface area contributed by atoms with Gasteiger partial charge in [-0.25, -0.2) is 9.97 Å². The van der Waals surface area contributed by atoms with Crippen LogP contribution >= 0.6 is 11.6 Å². The fourth-order valence-corrected chi connectivity index (χ4v) is 3.14. The number of aromatic nitrogens is 3. The standard InChI is InChI=1S/C16H21ClN6/c1-18-14-15(17)21-11-22-16(14)20-10-12-4-8-23(9-5-12)13-2-6-19-7-3-13/h2-3,6-7,11-12,18H,4-5,8-10H2,1H3,(H,20,21,22). The molecule has 1 aliphatic rings. The minimum absolute atomic E-state index is 0.442. The molecular weight excluding hydrogens is 312 g/mol. The molecule has 3 heterocycles. The maximum atomic E-state index is 6.07. The highest BCUT2D eigenvalue weighted by atomic mass is 35.5. The molecule has 3 rings (SSSR count). The van der Waals surface area contributed by atoms with E-state index in [1.807, 2.05) is 19.4 Å². The number of hydrogen-bond donors (Lipinski definition) is 2. The van der Waals surface area contributed by atoms with Crippen LogP contribution in [0.4, 0.5) is 17.2 Å². The molecule has 0 atom stereocenters. The van der Waals surface area contributed by atoms with Gasteiger partial charge in [0.2, 0.25) is 0 Å². The van der Waals surface area contributed by atoms with Gasteiger partial charge >= 0.3 is 0 Å². The van der Waals surface area contributed by atoms with E-state index < -0.39 is 0 Å². The van der Waals surface area contributed by atoms with Gasteiger partial charge in [-0.15, -0.1) is 0 Å². The van der Waals surface area contributed by atoms with Gasteiger partial charge in [-0.05, 0) is 30.9 Å². The molecule has 1 aliphatic heterocycles. The first-order valence-electron chi connectivity index (χ1n) is 7.85. The van der Waals surface area contributed by atoms with Gasteiger partial charge in [-0.1, -0.05) is 11.6 Å². The van der Waals surface area contributed by atoms with E-state index in [9.17, 15) is 0 Å². The first-order chi connectivity index (χ1) is 11.3. The van der Waals surface area contributed by atoms with Gasteiger partial charge in [-0.2, -0.15) is 0 Å². The van der Waals surface area contributed by atoms with Crippen molar-refractivity contribution in [3.63, 3.8) is 0 Å². The summed E-state index contributed by atoms with van der Waals surface area (Å²) in [5.41, 5.74) is 2.01. The van der Waals surface area contributed by atoms with Crippen molar-refractivity contribution in [2.45, 2.75) is 12.8 Å². The number of hydrogen-bond acceptors (Lipinski definition) is 6. The fourth-order valence-electron chi connectivity index (χ4n) is 2.91. The molecule has 0 amide bonds. The molecule has 0 saturated carbocycles. The summed E-state index contributed by atoms with van der Waals surface area (Å²) >= 11 is 6.07. The quantitative estimate of drug-likeness (QED) is 0.821. The van der Waals surface area contributed by atoms with Gasteiger partial charge in [0.1, 0.15) is 12.0 Å². The van der Waals surface area contributed by atoms with Crippen molar-refractivity contribution in [2.75, 3.05) is 42.2 Å². The number of pyridine rings is 1. The Morgan fingerprint density at radius 1 is 1.22 bits per heavy atom. The Bertz CT molecular complexity index is 628. The topological polar surface area (TPSA) is 66.0 Å². The lowest BCUT2D eigenvalue weighted by Crippen LogP contribution is -2.35. The van der Waals surface area contributed by atoms with Crippen LogP contribution in [-0.4, -0.2) is 41.6 Å². The molecule has 1 saturated heterocycles. The molecular formula is C16H21ClN6. The zero-order valence-electron chi connectivity index (χ0n) is 13.2. The summed E-state index contributed by atoms with van der Waals surface area (Å²) in [6.07, 6.45) is 7.49. The summed E-state index contributed by atoms with van der Waals surface area (Å²) < 4.78 is 0. The smallest absolute Gasteiger partial charge is 0.157 e. The summed E-state index contributed by atoms with van der Waals surface area (Å²) in [6, 6.07) is 4.14. The molecule has 122 valence electrons. The number of halogens is 1. The van der Waals surface area contributed by atoms with Gasteiger partial charge in [0.25, 0.3) is 0 Å². The van der Waals surface area contributed by atoms with Crippen LogP contribution in [0.2, 0.25) is 5.15 Å². The van der Waals surface area contributed by atoms with E-state index >= 15 is 0 Å². The predicted octanol–water partition coefficient (Wildman–Crippen LogP) is 2.90. The summed E-state index contributed by atoms with van der Waals surface area (Å²) in [6.45, 7) is 3.03. The van der Waals surface area contributed by atoms with Crippen molar-refractivity contribution in [3.05, 3.63) is 36.0 Å². The largest absolute Gasteiger partial charge is 0.383 e. The highest BCUT2D eigenvalue weighted by Crippen LogP contribution is 2.27. The van der Waals surface area contributed by atoms with Crippen LogP contribution in [0, 0.1) is 5.92 Å². The second kappa shape index (κ2) is 7.46. The summed E-state index contributed by atoms with van der Waals surface area (Å²) in [5.74, 6) is 1.40. The normalized spacial score (nSPS) is 15.5. The van der Waals surface area contributed by atoms with Crippen LogP contribution in [0.1, 0.15) is 12.8 Å². The lowest BCUT2D eigenvalue weighted by molar-refractivity contribution is 0.423. The van der Waals surface area contributed by atoms with Crippen LogP contribution in [0.3, 0.4) is 0 Å². The van der Waals surface area contributed by atoms with E-state index in [1.54, 1.807) is 0 Å². The molecule has 0 aliphatic carbocycles. The molecule has 0 aromatic carbocycles. The van der Waals surface area contributed by atoms with Gasteiger partial charge in [0, 0.05) is 44.8 Å². The van der Waals surface area contributed by atoms with Crippen molar-refractivity contribution in [2.24, 2.45) is 5.92 Å². The molecule has 0 unspecified atom stereocenters. The lowest BCUT2D eigenvalue weighted by atomic mass is 9.96. The highest BCUT2D eigenvalue weighted by Gasteiger charge is 2.20. The molecule has 6 nitrogen and oxygen atoms in total. The summed E-state index contributed by atoms with van der Waals surface area (Å²) in [4.78, 5) is 14.8. The first-order valence-corrected chi connectivity index (χ1v) is 8.23. The first kappa shape index (κ1) is 15.8. The van der Waals surface area contributed by atoms with Gasteiger partial charge < -0.3 is 15.5 Å². The molecule has 0 radical (unpaired) electrons. The van der Waals surface area contributed by atoms with Crippen LogP contribution in [0.5, 0.6) is 0 Å². The second-order valence-corrected chi connectivity index (χ2v) is 6.01. The molecule has 2 aromatic rings. The molecule has 2 N–H and O–H groups in total. The third kappa shape index (κ3) is 3.82. The number of anilines is 3. The monoisotopic (exact) mass is 332 g/mol. The third-order valence-electron chi connectivity index (χ3n) is 4.25. The Kier molecular flexibility index (Phi) is 5.12. The fraction of sp³-hybridized carbons (Fsp3) is 0.438. The Morgan fingerprint density at radius 2 is 1.96 bits per heavy atom. The highest BCUT2D eigenvalue weighted by molar-refractivity contribution is 6.32. The van der Waals surface area contributed by atoms with Crippen LogP contribution in [0.25, 0.3) is 0 Å². The summed E-state index contributed by atoms with van der Waals surface area (Å²) in [7, 11) is 1.82. The van der Waals surface area contributed by atoms with E-state index in [0.717, 1.165) is 44.0 Å². The van der Waals surface area contributed by atoms with Crippen molar-refractivity contribution in [1.29, 1.82) is 0 Å².